The van der Waals surface area contributed by atoms with Gasteiger partial charge in [0.1, 0.15) is 17.5 Å². The Labute approximate surface area is 119 Å². The zero-order chi connectivity index (χ0) is 14.5. The summed E-state index contributed by atoms with van der Waals surface area (Å²) in [5.74, 6) is 1.12. The van der Waals surface area contributed by atoms with Gasteiger partial charge in [-0.25, -0.2) is 4.68 Å². The smallest absolute Gasteiger partial charge is 0.139 e. The number of rotatable bonds is 5. The van der Waals surface area contributed by atoms with E-state index in [0.717, 1.165) is 12.8 Å². The van der Waals surface area contributed by atoms with E-state index in [1.807, 2.05) is 6.07 Å². The topological polar surface area (TPSA) is 67.6 Å². The van der Waals surface area contributed by atoms with Gasteiger partial charge in [0.05, 0.1) is 6.20 Å². The highest BCUT2D eigenvalue weighted by Gasteiger charge is 2.06. The van der Waals surface area contributed by atoms with E-state index in [0.29, 0.717) is 23.8 Å². The molecule has 0 saturated carbocycles. The summed E-state index contributed by atoms with van der Waals surface area (Å²) in [4.78, 5) is 0. The second-order valence-corrected chi connectivity index (χ2v) is 5.44. The van der Waals surface area contributed by atoms with E-state index in [-0.39, 0.29) is 0 Å². The fraction of sp³-hybridized carbons (Fsp3) is 0.375. The molecule has 4 nitrogen and oxygen atoms in total. The second kappa shape index (κ2) is 6.25. The molecule has 1 aromatic heterocycles. The summed E-state index contributed by atoms with van der Waals surface area (Å²) in [7, 11) is 0. The average Bonchev–Trinajstić information content (AvgIpc) is 2.78. The molecule has 104 valence electrons. The molecule has 2 N–H and O–H groups in total. The highest BCUT2D eigenvalue weighted by atomic mass is 15.3. The Bertz CT molecular complexity index is 602. The molecule has 0 aliphatic heterocycles. The van der Waals surface area contributed by atoms with Gasteiger partial charge >= 0.3 is 0 Å². The summed E-state index contributed by atoms with van der Waals surface area (Å²) < 4.78 is 1.68. The molecule has 0 unspecified atom stereocenters. The highest BCUT2D eigenvalue weighted by molar-refractivity contribution is 5.47. The van der Waals surface area contributed by atoms with Crippen LogP contribution in [0.1, 0.15) is 30.5 Å². The van der Waals surface area contributed by atoms with Crippen molar-refractivity contribution >= 4 is 5.82 Å². The quantitative estimate of drug-likeness (QED) is 0.906. The van der Waals surface area contributed by atoms with Gasteiger partial charge in [0.2, 0.25) is 0 Å². The van der Waals surface area contributed by atoms with Crippen molar-refractivity contribution in [2.75, 3.05) is 5.73 Å². The fourth-order valence-corrected chi connectivity index (χ4v) is 2.21. The van der Waals surface area contributed by atoms with Crippen LogP contribution in [-0.2, 0) is 19.4 Å². The predicted molar refractivity (Wildman–Crippen MR) is 80.0 cm³/mol. The summed E-state index contributed by atoms with van der Waals surface area (Å²) in [6.45, 7) is 5.14. The zero-order valence-corrected chi connectivity index (χ0v) is 12.0. The number of nitriles is 1. The van der Waals surface area contributed by atoms with Crippen molar-refractivity contribution in [2.45, 2.75) is 33.2 Å². The summed E-state index contributed by atoms with van der Waals surface area (Å²) in [5, 5.41) is 13.0. The molecule has 0 spiro atoms. The first-order valence-electron chi connectivity index (χ1n) is 6.89. The Morgan fingerprint density at radius 3 is 2.45 bits per heavy atom. The lowest BCUT2D eigenvalue weighted by atomic mass is 10.0. The van der Waals surface area contributed by atoms with Gasteiger partial charge in [0, 0.05) is 6.54 Å². The minimum Gasteiger partial charge on any atom is -0.383 e. The maximum absolute atomic E-state index is 8.84. The minimum atomic E-state index is 0.442. The summed E-state index contributed by atoms with van der Waals surface area (Å²) in [6, 6.07) is 10.7. The van der Waals surface area contributed by atoms with E-state index in [1.54, 1.807) is 4.68 Å². The Hall–Kier alpha value is -2.28. The summed E-state index contributed by atoms with van der Waals surface area (Å²) in [6.07, 6.45) is 3.48. The van der Waals surface area contributed by atoms with Crippen LogP contribution in [0, 0.1) is 17.2 Å². The number of aryl methyl sites for hydroxylation is 2. The van der Waals surface area contributed by atoms with Crippen molar-refractivity contribution in [2.24, 2.45) is 5.92 Å². The van der Waals surface area contributed by atoms with E-state index in [1.165, 1.54) is 17.3 Å². The Morgan fingerprint density at radius 2 is 1.90 bits per heavy atom. The molecule has 0 radical (unpaired) electrons. The molecule has 2 rings (SSSR count). The number of hydrogen-bond donors (Lipinski definition) is 1. The standard InChI is InChI=1S/C16H20N4/c1-12(2)9-14-5-3-13(4-6-14)7-8-20-16(18)15(10-17)11-19-20/h3-6,11-12H,7-9,18H2,1-2H3. The van der Waals surface area contributed by atoms with E-state index in [9.17, 15) is 0 Å². The van der Waals surface area contributed by atoms with Gasteiger partial charge in [-0.3, -0.25) is 0 Å². The van der Waals surface area contributed by atoms with Crippen molar-refractivity contribution in [3.8, 4) is 6.07 Å². The number of anilines is 1. The largest absolute Gasteiger partial charge is 0.383 e. The molecule has 1 heterocycles. The van der Waals surface area contributed by atoms with Crippen LogP contribution in [0.4, 0.5) is 5.82 Å². The molecule has 0 atom stereocenters. The molecule has 0 amide bonds. The van der Waals surface area contributed by atoms with Gasteiger partial charge in [-0.1, -0.05) is 38.1 Å². The Kier molecular flexibility index (Phi) is 4.41. The molecule has 0 bridgehead atoms. The molecule has 0 saturated heterocycles. The number of nitrogen functional groups attached to an aromatic ring is 1. The molecule has 1 aromatic carbocycles. The zero-order valence-electron chi connectivity index (χ0n) is 12.0. The Balaban J connectivity index is 1.97. The van der Waals surface area contributed by atoms with Gasteiger partial charge in [-0.05, 0) is 29.9 Å². The second-order valence-electron chi connectivity index (χ2n) is 5.44. The number of aromatic nitrogens is 2. The van der Waals surface area contributed by atoms with Crippen LogP contribution in [-0.4, -0.2) is 9.78 Å². The SMILES string of the molecule is CC(C)Cc1ccc(CCn2ncc(C#N)c2N)cc1. The van der Waals surface area contributed by atoms with E-state index < -0.39 is 0 Å². The van der Waals surface area contributed by atoms with Gasteiger partial charge in [-0.15, -0.1) is 0 Å². The van der Waals surface area contributed by atoms with E-state index >= 15 is 0 Å². The van der Waals surface area contributed by atoms with Gasteiger partial charge in [0.15, 0.2) is 0 Å². The minimum absolute atomic E-state index is 0.442. The molecule has 20 heavy (non-hydrogen) atoms. The highest BCUT2D eigenvalue weighted by Crippen LogP contribution is 2.13. The number of hydrogen-bond acceptors (Lipinski definition) is 3. The first kappa shape index (κ1) is 14.1. The Morgan fingerprint density at radius 1 is 1.25 bits per heavy atom. The van der Waals surface area contributed by atoms with Crippen molar-refractivity contribution in [3.63, 3.8) is 0 Å². The summed E-state index contributed by atoms with van der Waals surface area (Å²) >= 11 is 0. The lowest BCUT2D eigenvalue weighted by Gasteiger charge is -2.07. The fourth-order valence-electron chi connectivity index (χ4n) is 2.21. The molecule has 0 aliphatic rings. The third kappa shape index (κ3) is 3.39. The lowest BCUT2D eigenvalue weighted by molar-refractivity contribution is 0.622. The number of benzene rings is 1. The molecule has 0 aliphatic carbocycles. The van der Waals surface area contributed by atoms with Crippen LogP contribution in [0.2, 0.25) is 0 Å². The number of nitrogens with zero attached hydrogens (tertiary/aromatic N) is 3. The van der Waals surface area contributed by atoms with Gasteiger partial charge in [0.25, 0.3) is 0 Å². The normalized spacial score (nSPS) is 10.7. The van der Waals surface area contributed by atoms with Crippen LogP contribution in [0.3, 0.4) is 0 Å². The third-order valence-corrected chi connectivity index (χ3v) is 3.28. The predicted octanol–water partition coefficient (Wildman–Crippen LogP) is 2.78. The van der Waals surface area contributed by atoms with Crippen molar-refractivity contribution < 1.29 is 0 Å². The first-order valence-corrected chi connectivity index (χ1v) is 6.89. The van der Waals surface area contributed by atoms with Crippen LogP contribution >= 0.6 is 0 Å². The van der Waals surface area contributed by atoms with Gasteiger partial charge < -0.3 is 5.73 Å². The molecule has 0 fully saturated rings. The average molecular weight is 268 g/mol. The van der Waals surface area contributed by atoms with Crippen molar-refractivity contribution in [1.29, 1.82) is 5.26 Å². The molecule has 4 heteroatoms. The van der Waals surface area contributed by atoms with E-state index in [4.69, 9.17) is 11.0 Å². The molecular weight excluding hydrogens is 248 g/mol. The maximum atomic E-state index is 8.84. The van der Waals surface area contributed by atoms with Gasteiger partial charge in [-0.2, -0.15) is 10.4 Å². The van der Waals surface area contributed by atoms with Crippen LogP contribution in [0.15, 0.2) is 30.5 Å². The lowest BCUT2D eigenvalue weighted by Crippen LogP contribution is -2.07. The van der Waals surface area contributed by atoms with Crippen LogP contribution < -0.4 is 5.73 Å². The van der Waals surface area contributed by atoms with Crippen molar-refractivity contribution in [3.05, 3.63) is 47.2 Å². The monoisotopic (exact) mass is 268 g/mol. The summed E-state index contributed by atoms with van der Waals surface area (Å²) in [5.41, 5.74) is 8.90. The first-order chi connectivity index (χ1) is 9.60. The van der Waals surface area contributed by atoms with Crippen LogP contribution in [0.5, 0.6) is 0 Å². The molecule has 2 aromatic rings. The van der Waals surface area contributed by atoms with E-state index in [2.05, 4.69) is 43.2 Å². The van der Waals surface area contributed by atoms with Crippen LogP contribution in [0.25, 0.3) is 0 Å². The molecular formula is C16H20N4. The maximum Gasteiger partial charge on any atom is 0.139 e. The van der Waals surface area contributed by atoms with Crippen molar-refractivity contribution in [1.82, 2.24) is 9.78 Å². The third-order valence-electron chi connectivity index (χ3n) is 3.28. The number of nitrogens with two attached hydrogens (primary N) is 1.